The number of nitrogens with one attached hydrogen (secondary N) is 1. The highest BCUT2D eigenvalue weighted by atomic mass is 16.2. The summed E-state index contributed by atoms with van der Waals surface area (Å²) in [7, 11) is 0. The van der Waals surface area contributed by atoms with Crippen molar-refractivity contribution in [3.8, 4) is 0 Å². The smallest absolute Gasteiger partial charge is 0.222 e. The van der Waals surface area contributed by atoms with Crippen molar-refractivity contribution in [1.82, 2.24) is 20.2 Å². The average molecular weight is 288 g/mol. The molecule has 0 aliphatic carbocycles. The molecule has 21 heavy (non-hydrogen) atoms. The number of hydrogen-bond donors (Lipinski definition) is 1. The van der Waals surface area contributed by atoms with Crippen LogP contribution in [0.3, 0.4) is 0 Å². The van der Waals surface area contributed by atoms with Crippen LogP contribution in [0.5, 0.6) is 0 Å². The molecule has 5 heteroatoms. The van der Waals surface area contributed by atoms with Crippen molar-refractivity contribution in [3.05, 3.63) is 23.3 Å². The molecule has 114 valence electrons. The molecular formula is C16H24N4O. The zero-order valence-corrected chi connectivity index (χ0v) is 12.8. The quantitative estimate of drug-likeness (QED) is 0.918. The number of piperidine rings is 1. The summed E-state index contributed by atoms with van der Waals surface area (Å²) >= 11 is 0. The minimum Gasteiger partial charge on any atom is -0.343 e. The van der Waals surface area contributed by atoms with Gasteiger partial charge in [-0.3, -0.25) is 4.79 Å². The van der Waals surface area contributed by atoms with Gasteiger partial charge in [0.1, 0.15) is 5.82 Å². The number of carbonyl (C=O) groups excluding carboxylic acids is 1. The molecule has 1 amide bonds. The first-order chi connectivity index (χ1) is 10.3. The van der Waals surface area contributed by atoms with E-state index in [0.29, 0.717) is 18.2 Å². The predicted molar refractivity (Wildman–Crippen MR) is 80.9 cm³/mol. The normalized spacial score (nSPS) is 19.4. The number of likely N-dealkylation sites (tertiary alicyclic amines) is 1. The lowest BCUT2D eigenvalue weighted by molar-refractivity contribution is -0.132. The van der Waals surface area contributed by atoms with Gasteiger partial charge in [0.05, 0.1) is 0 Å². The zero-order valence-electron chi connectivity index (χ0n) is 12.8. The van der Waals surface area contributed by atoms with E-state index in [0.717, 1.165) is 57.7 Å². The molecule has 0 unspecified atom stereocenters. The Labute approximate surface area is 126 Å². The summed E-state index contributed by atoms with van der Waals surface area (Å²) in [5.74, 6) is 1.70. The number of carbonyl (C=O) groups is 1. The molecular weight excluding hydrogens is 264 g/mol. The first-order valence-corrected chi connectivity index (χ1v) is 8.11. The van der Waals surface area contributed by atoms with E-state index in [2.05, 4.69) is 17.2 Å². The highest BCUT2D eigenvalue weighted by Gasteiger charge is 2.25. The van der Waals surface area contributed by atoms with E-state index in [1.54, 1.807) is 0 Å². The van der Waals surface area contributed by atoms with Gasteiger partial charge in [-0.1, -0.05) is 6.92 Å². The van der Waals surface area contributed by atoms with Crippen molar-refractivity contribution in [2.75, 3.05) is 19.6 Å². The Morgan fingerprint density at radius 1 is 1.43 bits per heavy atom. The monoisotopic (exact) mass is 288 g/mol. The van der Waals surface area contributed by atoms with Crippen LogP contribution in [-0.2, 0) is 17.8 Å². The van der Waals surface area contributed by atoms with E-state index in [4.69, 9.17) is 4.98 Å². The first-order valence-electron chi connectivity index (χ1n) is 8.11. The Morgan fingerprint density at radius 3 is 3.00 bits per heavy atom. The third kappa shape index (κ3) is 3.23. The van der Waals surface area contributed by atoms with E-state index >= 15 is 0 Å². The molecule has 5 nitrogen and oxygen atoms in total. The van der Waals surface area contributed by atoms with Gasteiger partial charge in [0.2, 0.25) is 5.91 Å². The molecule has 1 aromatic heterocycles. The predicted octanol–water partition coefficient (Wildman–Crippen LogP) is 1.63. The summed E-state index contributed by atoms with van der Waals surface area (Å²) in [5, 5.41) is 3.35. The Bertz CT molecular complexity index is 509. The van der Waals surface area contributed by atoms with Crippen LogP contribution in [0.1, 0.15) is 55.6 Å². The summed E-state index contributed by atoms with van der Waals surface area (Å²) in [6.45, 7) is 5.66. The summed E-state index contributed by atoms with van der Waals surface area (Å²) in [4.78, 5) is 23.3. The van der Waals surface area contributed by atoms with Crippen LogP contribution in [0, 0.1) is 0 Å². The topological polar surface area (TPSA) is 58.1 Å². The Morgan fingerprint density at radius 2 is 2.24 bits per heavy atom. The maximum Gasteiger partial charge on any atom is 0.222 e. The summed E-state index contributed by atoms with van der Waals surface area (Å²) in [6.07, 6.45) is 6.57. The van der Waals surface area contributed by atoms with E-state index in [1.165, 1.54) is 11.3 Å². The average Bonchev–Trinajstić information content (AvgIpc) is 2.55. The van der Waals surface area contributed by atoms with Crippen molar-refractivity contribution >= 4 is 5.91 Å². The number of amides is 1. The molecule has 1 fully saturated rings. The number of rotatable bonds is 3. The second kappa shape index (κ2) is 6.52. The van der Waals surface area contributed by atoms with E-state index in [1.807, 2.05) is 11.1 Å². The number of aromatic nitrogens is 2. The van der Waals surface area contributed by atoms with Crippen molar-refractivity contribution in [2.24, 2.45) is 0 Å². The van der Waals surface area contributed by atoms with Gasteiger partial charge < -0.3 is 10.2 Å². The van der Waals surface area contributed by atoms with E-state index in [9.17, 15) is 4.79 Å². The highest BCUT2D eigenvalue weighted by molar-refractivity contribution is 5.76. The van der Waals surface area contributed by atoms with Gasteiger partial charge in [-0.2, -0.15) is 0 Å². The van der Waals surface area contributed by atoms with Gasteiger partial charge in [0.15, 0.2) is 0 Å². The van der Waals surface area contributed by atoms with Crippen LogP contribution >= 0.6 is 0 Å². The van der Waals surface area contributed by atoms with E-state index in [-0.39, 0.29) is 0 Å². The maximum atomic E-state index is 11.9. The first kappa shape index (κ1) is 14.4. The minimum absolute atomic E-state index is 0.299. The van der Waals surface area contributed by atoms with Crippen LogP contribution in [0.2, 0.25) is 0 Å². The fourth-order valence-corrected chi connectivity index (χ4v) is 3.21. The van der Waals surface area contributed by atoms with Crippen LogP contribution in [0.25, 0.3) is 0 Å². The largest absolute Gasteiger partial charge is 0.343 e. The molecule has 0 radical (unpaired) electrons. The fourth-order valence-electron chi connectivity index (χ4n) is 3.21. The number of fused-ring (bicyclic) bond motifs is 1. The van der Waals surface area contributed by atoms with Crippen LogP contribution < -0.4 is 5.32 Å². The van der Waals surface area contributed by atoms with Crippen molar-refractivity contribution in [2.45, 2.75) is 51.5 Å². The molecule has 0 saturated carbocycles. The van der Waals surface area contributed by atoms with Gasteiger partial charge >= 0.3 is 0 Å². The van der Waals surface area contributed by atoms with Crippen molar-refractivity contribution in [3.63, 3.8) is 0 Å². The van der Waals surface area contributed by atoms with Gasteiger partial charge in [-0.05, 0) is 19.3 Å². The van der Waals surface area contributed by atoms with E-state index < -0.39 is 0 Å². The van der Waals surface area contributed by atoms with Crippen LogP contribution in [0.15, 0.2) is 6.20 Å². The molecule has 0 spiro atoms. The Hall–Kier alpha value is -1.49. The second-order valence-corrected chi connectivity index (χ2v) is 6.03. The van der Waals surface area contributed by atoms with Gasteiger partial charge in [0.25, 0.3) is 0 Å². The summed E-state index contributed by atoms with van der Waals surface area (Å²) < 4.78 is 0. The molecule has 2 aliphatic heterocycles. The van der Waals surface area contributed by atoms with Gasteiger partial charge in [-0.25, -0.2) is 9.97 Å². The molecule has 2 aliphatic rings. The lowest BCUT2D eigenvalue weighted by atomic mass is 9.95. The molecule has 0 bridgehead atoms. The lowest BCUT2D eigenvalue weighted by Crippen LogP contribution is -2.38. The minimum atomic E-state index is 0.299. The Balaban J connectivity index is 1.63. The molecule has 3 rings (SSSR count). The maximum absolute atomic E-state index is 11.9. The standard InChI is InChI=1S/C16H24N4O/c1-2-3-15(21)20-8-5-12(6-9-20)16-18-11-13-10-17-7-4-14(13)19-16/h11-12,17H,2-10H2,1H3. The fraction of sp³-hybridized carbons (Fsp3) is 0.688. The third-order valence-corrected chi connectivity index (χ3v) is 4.50. The summed E-state index contributed by atoms with van der Waals surface area (Å²) in [5.41, 5.74) is 2.45. The van der Waals surface area contributed by atoms with Crippen LogP contribution in [-0.4, -0.2) is 40.4 Å². The molecule has 0 atom stereocenters. The number of hydrogen-bond acceptors (Lipinski definition) is 4. The van der Waals surface area contributed by atoms with Crippen molar-refractivity contribution in [1.29, 1.82) is 0 Å². The highest BCUT2D eigenvalue weighted by Crippen LogP contribution is 2.26. The second-order valence-electron chi connectivity index (χ2n) is 6.03. The number of nitrogens with zero attached hydrogens (tertiary/aromatic N) is 3. The van der Waals surface area contributed by atoms with Gasteiger partial charge in [-0.15, -0.1) is 0 Å². The molecule has 0 aromatic carbocycles. The zero-order chi connectivity index (χ0) is 14.7. The third-order valence-electron chi connectivity index (χ3n) is 4.50. The Kier molecular flexibility index (Phi) is 4.48. The molecule has 3 heterocycles. The van der Waals surface area contributed by atoms with Crippen LogP contribution in [0.4, 0.5) is 0 Å². The molecule has 1 N–H and O–H groups in total. The lowest BCUT2D eigenvalue weighted by Gasteiger charge is -2.31. The molecule has 1 saturated heterocycles. The van der Waals surface area contributed by atoms with Crippen molar-refractivity contribution < 1.29 is 4.79 Å². The SMILES string of the molecule is CCCC(=O)N1CCC(c2ncc3c(n2)CCNC3)CC1. The summed E-state index contributed by atoms with van der Waals surface area (Å²) in [6, 6.07) is 0. The van der Waals surface area contributed by atoms with Gasteiger partial charge in [0, 0.05) is 62.4 Å². The molecule has 1 aromatic rings.